The van der Waals surface area contributed by atoms with Gasteiger partial charge in [-0.1, -0.05) is 0 Å². The maximum absolute atomic E-state index is 14.4. The van der Waals surface area contributed by atoms with Gasteiger partial charge in [-0.15, -0.1) is 23.4 Å². The van der Waals surface area contributed by atoms with E-state index in [0.29, 0.717) is 81.5 Å². The number of benzene rings is 2. The zero-order valence-corrected chi connectivity index (χ0v) is 52.7. The zero-order valence-electron chi connectivity index (χ0n) is 51.1. The minimum Gasteiger partial charge on any atom is -0.497 e. The molecular weight excluding hydrogens is 1160 g/mol. The molecule has 2 aromatic carbocycles. The van der Waals surface area contributed by atoms with Crippen molar-refractivity contribution in [2.24, 2.45) is 22.2 Å². The van der Waals surface area contributed by atoms with E-state index in [2.05, 4.69) is 15.1 Å². The molecule has 4 aromatic rings. The molecule has 23 nitrogen and oxygen atoms in total. The van der Waals surface area contributed by atoms with Crippen LogP contribution in [-0.4, -0.2) is 192 Å². The molecule has 4 heterocycles. The lowest BCUT2D eigenvalue weighted by molar-refractivity contribution is -0.422. The molecule has 468 valence electrons. The molecule has 1 aliphatic carbocycles. The molecule has 87 heavy (non-hydrogen) atoms. The number of halogens is 1. The number of ketones is 2. The van der Waals surface area contributed by atoms with Gasteiger partial charge in [-0.2, -0.15) is 5.10 Å². The summed E-state index contributed by atoms with van der Waals surface area (Å²) in [6.45, 7) is 7.07. The number of thioether (sulfide) groups is 1. The monoisotopic (exact) mass is 1240 g/mol. The number of likely N-dealkylation sites (N-methyl/N-ethyl adjacent to an activating group) is 2. The lowest BCUT2D eigenvalue weighted by atomic mass is 9.79. The number of amidine groups is 1. The highest BCUT2D eigenvalue weighted by Crippen LogP contribution is 2.49. The van der Waals surface area contributed by atoms with E-state index in [1.165, 1.54) is 68.6 Å². The Morgan fingerprint density at radius 2 is 1.57 bits per heavy atom. The molecule has 4 atom stereocenters. The third-order valence-electron chi connectivity index (χ3n) is 16.0. The van der Waals surface area contributed by atoms with Crippen molar-refractivity contribution < 1.29 is 71.5 Å². The first-order valence-corrected chi connectivity index (χ1v) is 30.5. The number of amides is 6. The summed E-state index contributed by atoms with van der Waals surface area (Å²) in [6, 6.07) is 13.1. The molecule has 0 spiro atoms. The molecule has 4 unspecified atom stereocenters. The average molecular weight is 1240 g/mol. The highest BCUT2D eigenvalue weighted by molar-refractivity contribution is 8.00. The van der Waals surface area contributed by atoms with Crippen LogP contribution in [0.2, 0.25) is 0 Å². The average Bonchev–Trinajstić information content (AvgIpc) is 1.67. The molecule has 2 fully saturated rings. The van der Waals surface area contributed by atoms with Gasteiger partial charge in [0.15, 0.2) is 11.5 Å². The second-order valence-electron chi connectivity index (χ2n) is 22.5. The number of methoxy groups -OCH3 is 2. The number of carbonyl (C=O) groups excluding carboxylic acids is 9. The topological polar surface area (TPSA) is 288 Å². The van der Waals surface area contributed by atoms with E-state index in [0.717, 1.165) is 11.4 Å². The fourth-order valence-electron chi connectivity index (χ4n) is 11.0. The molecule has 0 bridgehead atoms. The van der Waals surface area contributed by atoms with Gasteiger partial charge in [0.1, 0.15) is 34.1 Å². The van der Waals surface area contributed by atoms with Crippen molar-refractivity contribution in [1.29, 1.82) is 0 Å². The number of hydrazone groups is 1. The van der Waals surface area contributed by atoms with E-state index in [-0.39, 0.29) is 117 Å². The van der Waals surface area contributed by atoms with Crippen LogP contribution in [-0.2, 0) is 38.2 Å². The Labute approximate surface area is 515 Å². The Hall–Kier alpha value is -7.99. The van der Waals surface area contributed by atoms with Gasteiger partial charge in [0.05, 0.1) is 56.1 Å². The van der Waals surface area contributed by atoms with Crippen molar-refractivity contribution in [3.63, 3.8) is 0 Å². The maximum Gasteiger partial charge on any atom is 0.415 e. The third-order valence-corrected chi connectivity index (χ3v) is 17.7. The molecule has 0 saturated carbocycles. The predicted octanol–water partition coefficient (Wildman–Crippen LogP) is 5.68. The number of H-pyrrole nitrogens is 1. The van der Waals surface area contributed by atoms with E-state index in [1.54, 1.807) is 87.5 Å². The number of hydrogen-bond donors (Lipinski definition) is 3. The predicted molar refractivity (Wildman–Crippen MR) is 327 cm³/mol. The Morgan fingerprint density at radius 1 is 0.897 bits per heavy atom. The first-order chi connectivity index (χ1) is 41.4. The summed E-state index contributed by atoms with van der Waals surface area (Å²) in [5, 5.41) is 5.85. The summed E-state index contributed by atoms with van der Waals surface area (Å²) in [7, 11) is 9.04. The summed E-state index contributed by atoms with van der Waals surface area (Å²) >= 11 is 8.05. The number of Topliss-reactive ketones (excluding diaryl/α,β-unsaturated/α-hetero) is 2. The number of nitrogens with zero attached hydrogens (tertiary/aromatic N) is 6. The van der Waals surface area contributed by atoms with Crippen molar-refractivity contribution in [1.82, 2.24) is 29.6 Å². The smallest absolute Gasteiger partial charge is 0.415 e. The number of rotatable bonds is 29. The second kappa shape index (κ2) is 29.6. The van der Waals surface area contributed by atoms with Gasteiger partial charge in [0.2, 0.25) is 23.6 Å². The van der Waals surface area contributed by atoms with E-state index in [1.807, 2.05) is 0 Å². The fraction of sp³-hybridized carbons (Fsp3) is 0.500. The molecule has 7 rings (SSSR count). The second-order valence-corrected chi connectivity index (χ2v) is 24.1. The summed E-state index contributed by atoms with van der Waals surface area (Å²) in [4.78, 5) is 131. The molecular formula is C62H79ClN9O14S+. The van der Waals surface area contributed by atoms with Gasteiger partial charge in [-0.25, -0.2) is 14.6 Å². The van der Waals surface area contributed by atoms with Crippen LogP contribution in [0.5, 0.6) is 11.5 Å². The Balaban J connectivity index is 0.855. The molecule has 0 radical (unpaired) electrons. The quantitative estimate of drug-likeness (QED) is 0.00861. The van der Waals surface area contributed by atoms with E-state index in [4.69, 9.17) is 40.7 Å². The molecule has 4 N–H and O–H groups in total. The van der Waals surface area contributed by atoms with Crippen LogP contribution in [0.1, 0.15) is 128 Å². The normalized spacial score (nSPS) is 17.6. The summed E-state index contributed by atoms with van der Waals surface area (Å²) in [5.74, 6) is -0.766. The van der Waals surface area contributed by atoms with Crippen LogP contribution in [0.4, 0.5) is 4.79 Å². The number of imide groups is 1. The lowest BCUT2D eigenvalue weighted by Crippen LogP contribution is -2.70. The van der Waals surface area contributed by atoms with E-state index >= 15 is 0 Å². The third kappa shape index (κ3) is 15.8. The molecule has 2 saturated heterocycles. The Kier molecular flexibility index (Phi) is 22.6. The lowest BCUT2D eigenvalue weighted by Gasteiger charge is -2.32. The van der Waals surface area contributed by atoms with Gasteiger partial charge in [0, 0.05) is 114 Å². The van der Waals surface area contributed by atoms with Crippen molar-refractivity contribution in [2.45, 2.75) is 103 Å². The molecule has 2 aromatic heterocycles. The number of carbonyl (C=O) groups is 9. The minimum atomic E-state index is -1.57. The fourth-order valence-corrected chi connectivity index (χ4v) is 12.4. The van der Waals surface area contributed by atoms with Crippen LogP contribution in [0.15, 0.2) is 64.1 Å². The number of furan rings is 1. The number of aromatic nitrogens is 1. The van der Waals surface area contributed by atoms with Crippen LogP contribution in [0, 0.1) is 18.3 Å². The summed E-state index contributed by atoms with van der Waals surface area (Å²) in [5.41, 5.74) is 7.45. The zero-order chi connectivity index (χ0) is 63.4. The number of alkyl halides is 1. The van der Waals surface area contributed by atoms with Crippen LogP contribution in [0.3, 0.4) is 0 Å². The number of aryl methyl sites for hydroxylation is 1. The van der Waals surface area contributed by atoms with Crippen molar-refractivity contribution in [3.8, 4) is 11.5 Å². The standard InChI is InChI=1S/C62H78ClN9O14S/c1-36(38-17-21-43(22-18-38)84-28-12-15-42(74)20-19-41(73)14-11-25-71-51(75)33-49(57(71)77)87-29-13-16-50(64)65-5)67-70(8)60(80)62(3,4)59(79)68(6)26-27-69(7)61(81)86-47-32-45-53(54-52(58(78)83-10)37(2)66-55(47)54)40(34-63)35-72(45)56(76)48-31-39-30-44(82-9)23-24-46(39)85-48/h17-18,21-24,30-32,40,45,49,53,66H,11-16,19-20,25-29,33-35H2,1-10H3,(H2,64,65)/p+1/b67-36+. The first kappa shape index (κ1) is 66.5. The van der Waals surface area contributed by atoms with Gasteiger partial charge in [0.25, 0.3) is 11.8 Å². The van der Waals surface area contributed by atoms with Crippen LogP contribution in [0.25, 0.3) is 16.7 Å². The SMILES string of the molecule is C[NH+]=C(N)CCCSC1CC(=O)N(CCCC(=O)CCC(=O)CCCOc2ccc(/C(C)=N/N(C)C(=O)C(C)(C)C(=O)N(C)CCN(C)C(=O)OC3=CC4C(c5c3[nH]c(C)c5C(=O)OC)C(CCl)CN4C(=O)c3cc4cc(OC)ccc4o3)cc2)C1=O. The van der Waals surface area contributed by atoms with Crippen LogP contribution >= 0.6 is 23.4 Å². The Morgan fingerprint density at radius 3 is 2.24 bits per heavy atom. The minimum absolute atomic E-state index is 0.00891. The number of ether oxygens (including phenoxy) is 4. The number of nitrogens with one attached hydrogen (secondary N) is 2. The van der Waals surface area contributed by atoms with Gasteiger partial charge >= 0.3 is 12.1 Å². The maximum atomic E-state index is 14.4. The summed E-state index contributed by atoms with van der Waals surface area (Å²) < 4.78 is 28.5. The van der Waals surface area contributed by atoms with Crippen molar-refractivity contribution in [3.05, 3.63) is 88.4 Å². The number of fused-ring (bicyclic) bond motifs is 4. The number of esters is 1. The van der Waals surface area contributed by atoms with E-state index < -0.39 is 52.4 Å². The van der Waals surface area contributed by atoms with Crippen molar-refractivity contribution in [2.75, 3.05) is 86.8 Å². The number of aromatic amines is 1. The van der Waals surface area contributed by atoms with Gasteiger partial charge in [-0.3, -0.25) is 49.2 Å². The highest BCUT2D eigenvalue weighted by Gasteiger charge is 2.51. The molecule has 2 aliphatic heterocycles. The number of hydrogen-bond acceptors (Lipinski definition) is 16. The van der Waals surface area contributed by atoms with E-state index in [9.17, 15) is 43.2 Å². The first-order valence-electron chi connectivity index (χ1n) is 28.9. The Bertz CT molecular complexity index is 3350. The van der Waals surface area contributed by atoms with Crippen LogP contribution < -0.4 is 20.2 Å². The van der Waals surface area contributed by atoms with Crippen molar-refractivity contribution >= 4 is 105 Å². The van der Waals surface area contributed by atoms with Gasteiger partial charge < -0.3 is 43.0 Å². The number of likely N-dealkylation sites (tertiary alicyclic amines) is 2. The summed E-state index contributed by atoms with van der Waals surface area (Å²) in [6.07, 6.45) is 3.89. The molecule has 25 heteroatoms. The number of nitrogens with two attached hydrogens (primary N) is 1. The van der Waals surface area contributed by atoms with Gasteiger partial charge in [-0.05, 0) is 119 Å². The highest BCUT2D eigenvalue weighted by atomic mass is 35.5. The molecule has 3 aliphatic rings. The molecule has 6 amide bonds. The largest absolute Gasteiger partial charge is 0.497 e.